The molecule has 10 heavy (non-hydrogen) atoms. The molecule has 1 rings (SSSR count). The van der Waals surface area contributed by atoms with Gasteiger partial charge in [0.05, 0.1) is 0 Å². The Kier molecular flexibility index (Phi) is 2.14. The molecular formula is C9H17N. The van der Waals surface area contributed by atoms with Crippen molar-refractivity contribution in [2.45, 2.75) is 32.9 Å². The molecule has 58 valence electrons. The van der Waals surface area contributed by atoms with Crippen LogP contribution in [-0.2, 0) is 0 Å². The van der Waals surface area contributed by atoms with Crippen LogP contribution in [-0.4, -0.2) is 23.5 Å². The molecule has 0 aromatic rings. The zero-order valence-electron chi connectivity index (χ0n) is 7.17. The maximum atomic E-state index is 3.73. The van der Waals surface area contributed by atoms with Gasteiger partial charge in [0.25, 0.3) is 0 Å². The summed E-state index contributed by atoms with van der Waals surface area (Å²) in [6.07, 6.45) is 1.98. The third kappa shape index (κ3) is 1.24. The molecule has 1 fully saturated rings. The molecule has 0 spiro atoms. The van der Waals surface area contributed by atoms with Gasteiger partial charge in [0.1, 0.15) is 0 Å². The van der Waals surface area contributed by atoms with Crippen molar-refractivity contribution in [1.29, 1.82) is 0 Å². The van der Waals surface area contributed by atoms with Crippen molar-refractivity contribution in [3.05, 3.63) is 12.7 Å². The van der Waals surface area contributed by atoms with Crippen LogP contribution in [0.3, 0.4) is 0 Å². The average molecular weight is 139 g/mol. The van der Waals surface area contributed by atoms with E-state index in [0.717, 1.165) is 24.5 Å². The zero-order valence-corrected chi connectivity index (χ0v) is 7.17. The molecule has 0 saturated carbocycles. The second kappa shape index (κ2) is 2.75. The lowest BCUT2D eigenvalue weighted by molar-refractivity contribution is 0.474. The number of nitrogens with zero attached hydrogens (tertiary/aromatic N) is 1. The molecule has 1 nitrogen and oxygen atoms in total. The van der Waals surface area contributed by atoms with Gasteiger partial charge in [0.2, 0.25) is 0 Å². The molecule has 0 aliphatic carbocycles. The molecule has 0 radical (unpaired) electrons. The summed E-state index contributed by atoms with van der Waals surface area (Å²) < 4.78 is 0. The summed E-state index contributed by atoms with van der Waals surface area (Å²) in [6.45, 7) is 11.6. The second-order valence-corrected chi connectivity index (χ2v) is 3.46. The van der Waals surface area contributed by atoms with Crippen LogP contribution in [0.2, 0.25) is 0 Å². The summed E-state index contributed by atoms with van der Waals surface area (Å²) in [5.41, 5.74) is 0. The molecule has 1 unspecified atom stereocenters. The highest BCUT2D eigenvalue weighted by Gasteiger charge is 2.44. The van der Waals surface area contributed by atoms with E-state index < -0.39 is 0 Å². The van der Waals surface area contributed by atoms with Gasteiger partial charge >= 0.3 is 0 Å². The Bertz CT molecular complexity index is 129. The Morgan fingerprint density at radius 1 is 1.60 bits per heavy atom. The molecule has 0 amide bonds. The highest BCUT2D eigenvalue weighted by atomic mass is 15.3. The van der Waals surface area contributed by atoms with Crippen molar-refractivity contribution in [1.82, 2.24) is 4.90 Å². The Labute approximate surface area is 63.7 Å². The van der Waals surface area contributed by atoms with Crippen molar-refractivity contribution in [3.8, 4) is 0 Å². The van der Waals surface area contributed by atoms with Crippen LogP contribution in [0.4, 0.5) is 0 Å². The zero-order chi connectivity index (χ0) is 7.72. The molecule has 0 aromatic heterocycles. The van der Waals surface area contributed by atoms with Crippen molar-refractivity contribution in [3.63, 3.8) is 0 Å². The first-order valence-electron chi connectivity index (χ1n) is 4.05. The SMILES string of the molecule is C=CCN1[C@H](C)[C@H]1C(C)C. The van der Waals surface area contributed by atoms with E-state index in [1.807, 2.05) is 6.08 Å². The van der Waals surface area contributed by atoms with Gasteiger partial charge in [-0.2, -0.15) is 0 Å². The predicted octanol–water partition coefficient (Wildman–Crippen LogP) is 1.90. The van der Waals surface area contributed by atoms with E-state index in [1.54, 1.807) is 0 Å². The maximum absolute atomic E-state index is 3.73. The van der Waals surface area contributed by atoms with Crippen LogP contribution in [0.25, 0.3) is 0 Å². The van der Waals surface area contributed by atoms with Crippen molar-refractivity contribution < 1.29 is 0 Å². The number of hydrogen-bond acceptors (Lipinski definition) is 1. The van der Waals surface area contributed by atoms with E-state index >= 15 is 0 Å². The minimum Gasteiger partial charge on any atom is -0.291 e. The van der Waals surface area contributed by atoms with Crippen molar-refractivity contribution >= 4 is 0 Å². The fraction of sp³-hybridized carbons (Fsp3) is 0.778. The molecule has 0 bridgehead atoms. The summed E-state index contributed by atoms with van der Waals surface area (Å²) in [7, 11) is 0. The van der Waals surface area contributed by atoms with Gasteiger partial charge in [-0.15, -0.1) is 6.58 Å². The topological polar surface area (TPSA) is 3.01 Å². The van der Waals surface area contributed by atoms with Gasteiger partial charge in [-0.1, -0.05) is 19.9 Å². The molecule has 0 N–H and O–H groups in total. The lowest BCUT2D eigenvalue weighted by atomic mass is 10.1. The van der Waals surface area contributed by atoms with Crippen LogP contribution >= 0.6 is 0 Å². The van der Waals surface area contributed by atoms with Crippen LogP contribution in [0, 0.1) is 5.92 Å². The van der Waals surface area contributed by atoms with Crippen LogP contribution in [0.5, 0.6) is 0 Å². The van der Waals surface area contributed by atoms with Gasteiger partial charge in [-0.3, -0.25) is 4.90 Å². The maximum Gasteiger partial charge on any atom is 0.0278 e. The highest BCUT2D eigenvalue weighted by Crippen LogP contribution is 2.32. The fourth-order valence-corrected chi connectivity index (χ4v) is 1.81. The monoisotopic (exact) mass is 139 g/mol. The van der Waals surface area contributed by atoms with Gasteiger partial charge in [0, 0.05) is 18.6 Å². The number of hydrogen-bond donors (Lipinski definition) is 0. The molecule has 0 aromatic carbocycles. The highest BCUT2D eigenvalue weighted by molar-refractivity contribution is 5.02. The average Bonchev–Trinajstić information content (AvgIpc) is 2.43. The minimum atomic E-state index is 0.790. The van der Waals surface area contributed by atoms with Crippen molar-refractivity contribution in [2.24, 2.45) is 5.92 Å². The van der Waals surface area contributed by atoms with E-state index in [9.17, 15) is 0 Å². The molecule has 1 heteroatoms. The predicted molar refractivity (Wildman–Crippen MR) is 45.0 cm³/mol. The summed E-state index contributed by atoms with van der Waals surface area (Å²) in [4.78, 5) is 2.47. The van der Waals surface area contributed by atoms with E-state index in [0.29, 0.717) is 0 Å². The Morgan fingerprint density at radius 3 is 2.50 bits per heavy atom. The van der Waals surface area contributed by atoms with Crippen LogP contribution in [0.1, 0.15) is 20.8 Å². The third-order valence-corrected chi connectivity index (χ3v) is 2.33. The molecule has 1 aliphatic rings. The smallest absolute Gasteiger partial charge is 0.0278 e. The fourth-order valence-electron chi connectivity index (χ4n) is 1.81. The Balaban J connectivity index is 2.33. The molecule has 1 saturated heterocycles. The van der Waals surface area contributed by atoms with Gasteiger partial charge in [-0.25, -0.2) is 0 Å². The Hall–Kier alpha value is -0.300. The minimum absolute atomic E-state index is 0.790. The lowest BCUT2D eigenvalue weighted by Crippen LogP contribution is -2.06. The second-order valence-electron chi connectivity index (χ2n) is 3.46. The molecule has 1 heterocycles. The normalized spacial score (nSPS) is 38.2. The van der Waals surface area contributed by atoms with Gasteiger partial charge in [0.15, 0.2) is 0 Å². The van der Waals surface area contributed by atoms with Crippen LogP contribution in [0.15, 0.2) is 12.7 Å². The van der Waals surface area contributed by atoms with E-state index in [4.69, 9.17) is 0 Å². The summed E-state index contributed by atoms with van der Waals surface area (Å²) in [5, 5.41) is 0. The first-order chi connectivity index (χ1) is 4.68. The molecular weight excluding hydrogens is 122 g/mol. The summed E-state index contributed by atoms with van der Waals surface area (Å²) >= 11 is 0. The molecule has 1 aliphatic heterocycles. The van der Waals surface area contributed by atoms with E-state index in [2.05, 4.69) is 32.3 Å². The van der Waals surface area contributed by atoms with Gasteiger partial charge < -0.3 is 0 Å². The summed E-state index contributed by atoms with van der Waals surface area (Å²) in [5.74, 6) is 0.801. The molecule has 3 atom stereocenters. The quantitative estimate of drug-likeness (QED) is 0.426. The van der Waals surface area contributed by atoms with Crippen molar-refractivity contribution in [2.75, 3.05) is 6.54 Å². The standard InChI is InChI=1S/C9H17N/c1-5-6-10-8(4)9(10)7(2)3/h5,7-9H,1,6H2,2-4H3/t8-,9-,10?/m1/s1. The van der Waals surface area contributed by atoms with E-state index in [1.165, 1.54) is 0 Å². The third-order valence-electron chi connectivity index (χ3n) is 2.33. The summed E-state index contributed by atoms with van der Waals surface area (Å²) in [6, 6.07) is 1.61. The first kappa shape index (κ1) is 7.80. The Morgan fingerprint density at radius 2 is 2.20 bits per heavy atom. The van der Waals surface area contributed by atoms with E-state index in [-0.39, 0.29) is 0 Å². The number of rotatable bonds is 3. The van der Waals surface area contributed by atoms with Crippen LogP contribution < -0.4 is 0 Å². The largest absolute Gasteiger partial charge is 0.291 e. The lowest BCUT2D eigenvalue weighted by Gasteiger charge is -2.01. The van der Waals surface area contributed by atoms with Gasteiger partial charge in [-0.05, 0) is 12.8 Å². The first-order valence-corrected chi connectivity index (χ1v) is 4.05.